The average molecular weight is 390 g/mol. The molecular weight excluding hydrogens is 368 g/mol. The molecule has 3 aromatic rings. The summed E-state index contributed by atoms with van der Waals surface area (Å²) in [5.74, 6) is -0.486. The van der Waals surface area contributed by atoms with Crippen LogP contribution in [0.3, 0.4) is 0 Å². The maximum Gasteiger partial charge on any atom is 0.267 e. The second kappa shape index (κ2) is 6.89. The lowest BCUT2D eigenvalue weighted by Gasteiger charge is -2.36. The van der Waals surface area contributed by atoms with E-state index in [1.165, 1.54) is 5.56 Å². The highest BCUT2D eigenvalue weighted by Gasteiger charge is 2.21. The summed E-state index contributed by atoms with van der Waals surface area (Å²) in [6.07, 6.45) is 3.69. The number of carbonyl (C=O) groups is 2. The Labute approximate surface area is 167 Å². The van der Waals surface area contributed by atoms with Gasteiger partial charge in [0.05, 0.1) is 23.1 Å². The third kappa shape index (κ3) is 3.31. The molecule has 2 aliphatic heterocycles. The number of hydrogen-bond donors (Lipinski definition) is 2. The number of amides is 2. The number of nitrogens with zero attached hydrogens (tertiary/aromatic N) is 4. The van der Waals surface area contributed by atoms with Crippen LogP contribution in [0.5, 0.6) is 0 Å². The van der Waals surface area contributed by atoms with E-state index in [0.29, 0.717) is 6.54 Å². The van der Waals surface area contributed by atoms with Crippen molar-refractivity contribution in [2.45, 2.75) is 13.1 Å². The number of piperazine rings is 1. The van der Waals surface area contributed by atoms with Gasteiger partial charge in [-0.15, -0.1) is 0 Å². The highest BCUT2D eigenvalue weighted by molar-refractivity contribution is 6.04. The fraction of sp³-hybridized carbons (Fsp3) is 0.286. The molecule has 0 radical (unpaired) electrons. The fourth-order valence-electron chi connectivity index (χ4n) is 4.22. The van der Waals surface area contributed by atoms with Crippen molar-refractivity contribution in [3.05, 3.63) is 54.0 Å². The van der Waals surface area contributed by atoms with Crippen molar-refractivity contribution in [3.8, 4) is 0 Å². The molecule has 0 aliphatic carbocycles. The summed E-state index contributed by atoms with van der Waals surface area (Å²) in [5, 5.41) is 4.17. The van der Waals surface area contributed by atoms with Crippen molar-refractivity contribution in [1.29, 1.82) is 0 Å². The number of nitrogens with one attached hydrogen (secondary N) is 1. The molecule has 5 rings (SSSR count). The summed E-state index contributed by atoms with van der Waals surface area (Å²) in [6, 6.07) is 9.95. The van der Waals surface area contributed by atoms with Gasteiger partial charge in [0.25, 0.3) is 5.91 Å². The number of pyridine rings is 1. The smallest absolute Gasteiger partial charge is 0.267 e. The largest absolute Gasteiger partial charge is 0.368 e. The average Bonchev–Trinajstić information content (AvgIpc) is 3.12. The third-order valence-corrected chi connectivity index (χ3v) is 5.65. The lowest BCUT2D eigenvalue weighted by atomic mass is 10.1. The van der Waals surface area contributed by atoms with Crippen molar-refractivity contribution in [1.82, 2.24) is 14.5 Å². The minimum Gasteiger partial charge on any atom is -0.368 e. The molecule has 29 heavy (non-hydrogen) atoms. The van der Waals surface area contributed by atoms with Crippen LogP contribution in [0.2, 0.25) is 0 Å². The Kier molecular flexibility index (Phi) is 4.21. The molecule has 148 valence electrons. The first-order valence-electron chi connectivity index (χ1n) is 9.71. The minimum absolute atomic E-state index is 0.0247. The molecular formula is C21H22N6O2. The summed E-state index contributed by atoms with van der Waals surface area (Å²) in [5.41, 5.74) is 9.75. The maximum atomic E-state index is 11.9. The molecule has 1 aromatic carbocycles. The normalized spacial score (nSPS) is 16.8. The van der Waals surface area contributed by atoms with Gasteiger partial charge >= 0.3 is 0 Å². The van der Waals surface area contributed by atoms with Crippen molar-refractivity contribution in [3.63, 3.8) is 0 Å². The Morgan fingerprint density at radius 2 is 1.97 bits per heavy atom. The number of hydrogen-bond acceptors (Lipinski definition) is 5. The van der Waals surface area contributed by atoms with Crippen LogP contribution in [0.1, 0.15) is 16.1 Å². The van der Waals surface area contributed by atoms with E-state index in [4.69, 9.17) is 5.73 Å². The molecule has 0 spiro atoms. The molecule has 2 aromatic heterocycles. The molecule has 0 atom stereocenters. The molecule has 8 heteroatoms. The van der Waals surface area contributed by atoms with E-state index in [0.717, 1.165) is 55.0 Å². The molecule has 4 heterocycles. The second-order valence-electron chi connectivity index (χ2n) is 7.60. The van der Waals surface area contributed by atoms with E-state index in [1.807, 2.05) is 16.8 Å². The van der Waals surface area contributed by atoms with Crippen LogP contribution in [0, 0.1) is 0 Å². The molecule has 2 amide bonds. The van der Waals surface area contributed by atoms with Gasteiger partial charge in [-0.25, -0.2) is 4.98 Å². The van der Waals surface area contributed by atoms with Crippen LogP contribution >= 0.6 is 0 Å². The van der Waals surface area contributed by atoms with Gasteiger partial charge in [-0.3, -0.25) is 14.5 Å². The number of aromatic nitrogens is 2. The van der Waals surface area contributed by atoms with Gasteiger partial charge < -0.3 is 20.5 Å². The van der Waals surface area contributed by atoms with E-state index >= 15 is 0 Å². The van der Waals surface area contributed by atoms with Crippen molar-refractivity contribution in [2.24, 2.45) is 5.73 Å². The van der Waals surface area contributed by atoms with Crippen LogP contribution in [0.4, 0.5) is 11.4 Å². The van der Waals surface area contributed by atoms with E-state index < -0.39 is 5.91 Å². The van der Waals surface area contributed by atoms with Gasteiger partial charge in [-0.1, -0.05) is 0 Å². The topological polar surface area (TPSA) is 96.5 Å². The van der Waals surface area contributed by atoms with Crippen molar-refractivity contribution < 1.29 is 9.59 Å². The van der Waals surface area contributed by atoms with Gasteiger partial charge in [0.15, 0.2) is 0 Å². The van der Waals surface area contributed by atoms with Crippen molar-refractivity contribution in [2.75, 3.05) is 36.4 Å². The Morgan fingerprint density at radius 3 is 2.69 bits per heavy atom. The first kappa shape index (κ1) is 17.7. The molecule has 0 saturated carbocycles. The monoisotopic (exact) mass is 390 g/mol. The standard InChI is InChI=1S/C21H22N6O2/c22-21(29)17-2-1-16(11-23-17)26-7-5-25(6-8-26)12-14-9-15-3-4-27-13-19(28)24-18(10-14)20(15)27/h1-4,9-11H,5-8,12-13H2,(H2,22,29)(H,24,28). The number of carbonyl (C=O) groups excluding carboxylic acids is 2. The zero-order valence-electron chi connectivity index (χ0n) is 16.0. The summed E-state index contributed by atoms with van der Waals surface area (Å²) >= 11 is 0. The van der Waals surface area contributed by atoms with Crippen LogP contribution in [0.25, 0.3) is 10.9 Å². The predicted octanol–water partition coefficient (Wildman–Crippen LogP) is 1.41. The fourth-order valence-corrected chi connectivity index (χ4v) is 4.22. The zero-order chi connectivity index (χ0) is 20.0. The third-order valence-electron chi connectivity index (χ3n) is 5.65. The Hall–Kier alpha value is -3.39. The lowest BCUT2D eigenvalue weighted by molar-refractivity contribution is -0.116. The van der Waals surface area contributed by atoms with Gasteiger partial charge in [0, 0.05) is 44.3 Å². The first-order chi connectivity index (χ1) is 14.1. The zero-order valence-corrected chi connectivity index (χ0v) is 16.0. The molecule has 2 aliphatic rings. The van der Waals surface area contributed by atoms with Gasteiger partial charge in [-0.05, 0) is 35.9 Å². The number of primary amides is 1. The molecule has 8 nitrogen and oxygen atoms in total. The minimum atomic E-state index is -0.510. The molecule has 0 unspecified atom stereocenters. The van der Waals surface area contributed by atoms with E-state index in [-0.39, 0.29) is 11.6 Å². The molecule has 1 fully saturated rings. The van der Waals surface area contributed by atoms with Crippen LogP contribution in [0.15, 0.2) is 42.7 Å². The number of rotatable bonds is 4. The van der Waals surface area contributed by atoms with Crippen LogP contribution in [-0.2, 0) is 17.9 Å². The summed E-state index contributed by atoms with van der Waals surface area (Å²) in [7, 11) is 0. The quantitative estimate of drug-likeness (QED) is 0.702. The van der Waals surface area contributed by atoms with Crippen molar-refractivity contribution >= 4 is 34.1 Å². The first-order valence-corrected chi connectivity index (χ1v) is 9.71. The molecule has 1 saturated heterocycles. The van der Waals surface area contributed by atoms with Gasteiger partial charge in [0.2, 0.25) is 5.91 Å². The maximum absolute atomic E-state index is 11.9. The molecule has 0 bridgehead atoms. The number of nitrogens with two attached hydrogens (primary N) is 1. The lowest BCUT2D eigenvalue weighted by Crippen LogP contribution is -2.46. The van der Waals surface area contributed by atoms with E-state index in [2.05, 4.69) is 38.3 Å². The SMILES string of the molecule is NC(=O)c1ccc(N2CCN(Cc3cc4c5c(ccn5CC(=O)N4)c3)CC2)cn1. The van der Waals surface area contributed by atoms with E-state index in [9.17, 15) is 9.59 Å². The predicted molar refractivity (Wildman–Crippen MR) is 111 cm³/mol. The highest BCUT2D eigenvalue weighted by Crippen LogP contribution is 2.30. The summed E-state index contributed by atoms with van der Waals surface area (Å²) < 4.78 is 2.00. The van der Waals surface area contributed by atoms with Gasteiger partial charge in [0.1, 0.15) is 12.2 Å². The second-order valence-corrected chi connectivity index (χ2v) is 7.60. The Balaban J connectivity index is 1.26. The van der Waals surface area contributed by atoms with Crippen LogP contribution in [-0.4, -0.2) is 52.4 Å². The summed E-state index contributed by atoms with van der Waals surface area (Å²) in [4.78, 5) is 31.9. The van der Waals surface area contributed by atoms with E-state index in [1.54, 1.807) is 12.3 Å². The number of anilines is 2. The molecule has 3 N–H and O–H groups in total. The van der Waals surface area contributed by atoms with Crippen LogP contribution < -0.4 is 16.0 Å². The summed E-state index contributed by atoms with van der Waals surface area (Å²) in [6.45, 7) is 4.86. The van der Waals surface area contributed by atoms with Gasteiger partial charge in [-0.2, -0.15) is 0 Å². The number of benzene rings is 1. The Bertz CT molecular complexity index is 1100. The Morgan fingerprint density at radius 1 is 1.14 bits per heavy atom. The highest BCUT2D eigenvalue weighted by atomic mass is 16.2.